The zero-order chi connectivity index (χ0) is 22.4. The van der Waals surface area contributed by atoms with Crippen LogP contribution in [0.5, 0.6) is 5.75 Å². The first-order valence-electron chi connectivity index (χ1n) is 10.7. The summed E-state index contributed by atoms with van der Waals surface area (Å²) in [6.07, 6.45) is 0. The van der Waals surface area contributed by atoms with Gasteiger partial charge in [-0.15, -0.1) is 0 Å². The van der Waals surface area contributed by atoms with Gasteiger partial charge >= 0.3 is 0 Å². The summed E-state index contributed by atoms with van der Waals surface area (Å²) in [5.41, 5.74) is 8.22. The highest BCUT2D eigenvalue weighted by Crippen LogP contribution is 2.26. The van der Waals surface area contributed by atoms with Gasteiger partial charge < -0.3 is 9.30 Å². The van der Waals surface area contributed by atoms with E-state index >= 15 is 0 Å². The molecule has 0 aliphatic heterocycles. The molecule has 2 aromatic heterocycles. The molecule has 32 heavy (non-hydrogen) atoms. The number of benzene rings is 3. The van der Waals surface area contributed by atoms with E-state index in [1.54, 1.807) is 17.6 Å². The fraction of sp³-hybridized carbons (Fsp3) is 0.185. The molecule has 5 nitrogen and oxygen atoms in total. The van der Waals surface area contributed by atoms with Crippen LogP contribution in [0.25, 0.3) is 28.1 Å². The zero-order valence-corrected chi connectivity index (χ0v) is 18.7. The van der Waals surface area contributed by atoms with Crippen molar-refractivity contribution in [3.05, 3.63) is 99.3 Å². The fourth-order valence-electron chi connectivity index (χ4n) is 4.57. The third kappa shape index (κ3) is 3.26. The van der Waals surface area contributed by atoms with Crippen molar-refractivity contribution in [3.8, 4) is 17.0 Å². The molecule has 0 amide bonds. The third-order valence-corrected chi connectivity index (χ3v) is 6.08. The lowest BCUT2D eigenvalue weighted by molar-refractivity contribution is 0.415. The van der Waals surface area contributed by atoms with Gasteiger partial charge in [-0.05, 0) is 61.7 Å². The largest absolute Gasteiger partial charge is 0.497 e. The summed E-state index contributed by atoms with van der Waals surface area (Å²) in [7, 11) is 1.63. The Morgan fingerprint density at radius 3 is 2.31 bits per heavy atom. The van der Waals surface area contributed by atoms with E-state index in [-0.39, 0.29) is 5.56 Å². The number of aryl methyl sites for hydroxylation is 3. The Bertz CT molecular complexity index is 1520. The first-order chi connectivity index (χ1) is 15.5. The number of methoxy groups -OCH3 is 1. The summed E-state index contributed by atoms with van der Waals surface area (Å²) in [6, 6.07) is 21.6. The average molecular weight is 424 g/mol. The lowest BCUT2D eigenvalue weighted by atomic mass is 10.00. The minimum Gasteiger partial charge on any atom is -0.497 e. The van der Waals surface area contributed by atoms with Gasteiger partial charge in [0.05, 0.1) is 30.4 Å². The summed E-state index contributed by atoms with van der Waals surface area (Å²) in [5.74, 6) is 1.37. The molecule has 0 fully saturated rings. The predicted octanol–water partition coefficient (Wildman–Crippen LogP) is 5.30. The lowest BCUT2D eigenvalue weighted by Gasteiger charge is -2.14. The van der Waals surface area contributed by atoms with Crippen LogP contribution in [0.1, 0.15) is 22.3 Å². The molecule has 0 N–H and O–H groups in total. The average Bonchev–Trinajstić information content (AvgIpc) is 3.10. The molecule has 160 valence electrons. The van der Waals surface area contributed by atoms with Gasteiger partial charge in [0, 0.05) is 11.6 Å². The SMILES string of the molecule is COc1cccc(-c2cc(=O)n3c4ccccc4n(Cc4c(C)cc(C)cc4C)c3n2)c1. The molecular formula is C27H25N3O2. The topological polar surface area (TPSA) is 48.5 Å². The minimum absolute atomic E-state index is 0.0971. The molecule has 5 aromatic rings. The molecular weight excluding hydrogens is 398 g/mol. The fourth-order valence-corrected chi connectivity index (χ4v) is 4.57. The van der Waals surface area contributed by atoms with Crippen molar-refractivity contribution in [2.24, 2.45) is 0 Å². The lowest BCUT2D eigenvalue weighted by Crippen LogP contribution is -2.15. The maximum atomic E-state index is 13.3. The molecule has 2 heterocycles. The molecule has 5 rings (SSSR count). The molecule has 5 heteroatoms. The molecule has 0 aliphatic rings. The van der Waals surface area contributed by atoms with Crippen molar-refractivity contribution < 1.29 is 4.74 Å². The molecule has 0 atom stereocenters. The number of para-hydroxylation sites is 2. The van der Waals surface area contributed by atoms with Gasteiger partial charge in [-0.25, -0.2) is 9.38 Å². The molecule has 0 saturated heterocycles. The van der Waals surface area contributed by atoms with Crippen LogP contribution in [0.3, 0.4) is 0 Å². The first kappa shape index (κ1) is 20.1. The Kier molecular flexibility index (Phi) is 4.82. The summed E-state index contributed by atoms with van der Waals surface area (Å²) in [6.45, 7) is 7.05. The summed E-state index contributed by atoms with van der Waals surface area (Å²) in [4.78, 5) is 18.2. The van der Waals surface area contributed by atoms with E-state index in [2.05, 4.69) is 37.5 Å². The molecule has 0 saturated carbocycles. The van der Waals surface area contributed by atoms with E-state index in [1.807, 2.05) is 48.5 Å². The van der Waals surface area contributed by atoms with Gasteiger partial charge in [0.25, 0.3) is 5.56 Å². The van der Waals surface area contributed by atoms with Crippen molar-refractivity contribution in [2.75, 3.05) is 7.11 Å². The number of imidazole rings is 1. The number of aromatic nitrogens is 3. The Labute approximate surface area is 186 Å². The second-order valence-electron chi connectivity index (χ2n) is 8.30. The maximum absolute atomic E-state index is 13.3. The van der Waals surface area contributed by atoms with Crippen LogP contribution in [0.2, 0.25) is 0 Å². The highest BCUT2D eigenvalue weighted by Gasteiger charge is 2.17. The van der Waals surface area contributed by atoms with Crippen molar-refractivity contribution in [1.82, 2.24) is 14.0 Å². The van der Waals surface area contributed by atoms with Crippen molar-refractivity contribution in [1.29, 1.82) is 0 Å². The zero-order valence-electron chi connectivity index (χ0n) is 18.7. The normalized spacial score (nSPS) is 11.4. The molecule has 3 aromatic carbocycles. The Morgan fingerprint density at radius 1 is 0.875 bits per heavy atom. The van der Waals surface area contributed by atoms with E-state index in [0.717, 1.165) is 22.3 Å². The number of hydrogen-bond acceptors (Lipinski definition) is 3. The number of fused-ring (bicyclic) bond motifs is 3. The second kappa shape index (κ2) is 7.68. The van der Waals surface area contributed by atoms with Crippen LogP contribution in [0, 0.1) is 20.8 Å². The summed E-state index contributed by atoms with van der Waals surface area (Å²) >= 11 is 0. The second-order valence-corrected chi connectivity index (χ2v) is 8.30. The first-order valence-corrected chi connectivity index (χ1v) is 10.7. The van der Waals surface area contributed by atoms with E-state index in [4.69, 9.17) is 9.72 Å². The van der Waals surface area contributed by atoms with Gasteiger partial charge in [-0.1, -0.05) is 42.0 Å². The van der Waals surface area contributed by atoms with Crippen molar-refractivity contribution in [3.63, 3.8) is 0 Å². The number of nitrogens with zero attached hydrogens (tertiary/aromatic N) is 3. The van der Waals surface area contributed by atoms with Crippen LogP contribution >= 0.6 is 0 Å². The predicted molar refractivity (Wildman–Crippen MR) is 129 cm³/mol. The Hall–Kier alpha value is -3.86. The van der Waals surface area contributed by atoms with Crippen molar-refractivity contribution in [2.45, 2.75) is 27.3 Å². The number of hydrogen-bond donors (Lipinski definition) is 0. The smallest absolute Gasteiger partial charge is 0.260 e. The van der Waals surface area contributed by atoms with E-state index in [1.165, 1.54) is 22.3 Å². The van der Waals surface area contributed by atoms with Crippen LogP contribution in [0.15, 0.2) is 71.5 Å². The van der Waals surface area contributed by atoms with Crippen LogP contribution < -0.4 is 10.3 Å². The van der Waals surface area contributed by atoms with E-state index in [9.17, 15) is 4.79 Å². The maximum Gasteiger partial charge on any atom is 0.260 e. The van der Waals surface area contributed by atoms with Gasteiger partial charge in [0.15, 0.2) is 0 Å². The third-order valence-electron chi connectivity index (χ3n) is 6.08. The van der Waals surface area contributed by atoms with Gasteiger partial charge in [0.1, 0.15) is 5.75 Å². The highest BCUT2D eigenvalue weighted by atomic mass is 16.5. The molecule has 0 bridgehead atoms. The summed E-state index contributed by atoms with van der Waals surface area (Å²) < 4.78 is 9.21. The number of ether oxygens (including phenoxy) is 1. The monoisotopic (exact) mass is 423 g/mol. The van der Waals surface area contributed by atoms with E-state index < -0.39 is 0 Å². The van der Waals surface area contributed by atoms with Gasteiger partial charge in [0.2, 0.25) is 5.78 Å². The quantitative estimate of drug-likeness (QED) is 0.394. The van der Waals surface area contributed by atoms with Gasteiger partial charge in [-0.2, -0.15) is 0 Å². The highest BCUT2D eigenvalue weighted by molar-refractivity contribution is 5.81. The van der Waals surface area contributed by atoms with Crippen molar-refractivity contribution >= 4 is 16.8 Å². The molecule has 0 spiro atoms. The Morgan fingerprint density at radius 2 is 1.59 bits per heavy atom. The van der Waals surface area contributed by atoms with Crippen LogP contribution in [-0.2, 0) is 6.54 Å². The molecule has 0 aliphatic carbocycles. The molecule has 0 radical (unpaired) electrons. The van der Waals surface area contributed by atoms with Crippen LogP contribution in [-0.4, -0.2) is 21.1 Å². The van der Waals surface area contributed by atoms with E-state index in [0.29, 0.717) is 18.0 Å². The summed E-state index contributed by atoms with van der Waals surface area (Å²) in [5, 5.41) is 0. The minimum atomic E-state index is -0.0971. The van der Waals surface area contributed by atoms with Gasteiger partial charge in [-0.3, -0.25) is 4.79 Å². The standard InChI is InChI=1S/C27H25N3O2/c1-17-12-18(2)22(19(3)13-17)16-29-24-10-5-6-11-25(24)30-26(31)15-23(28-27(29)30)20-8-7-9-21(14-20)32-4/h5-15H,16H2,1-4H3. The van der Waals surface area contributed by atoms with Crippen LogP contribution in [0.4, 0.5) is 0 Å². The number of rotatable bonds is 4. The molecule has 0 unspecified atom stereocenters. The Balaban J connectivity index is 1.79.